The van der Waals surface area contributed by atoms with Crippen LogP contribution in [0.1, 0.15) is 31.2 Å². The molecule has 1 aromatic heterocycles. The van der Waals surface area contributed by atoms with E-state index in [1.165, 1.54) is 17.0 Å². The van der Waals surface area contributed by atoms with Gasteiger partial charge in [0, 0.05) is 13.1 Å². The standard InChI is InChI=1S/C23H28N6O2/c24-12-16-5-7-17(8-6-16)14-28(23-26-13-21(29(30)31)22(25)27-23)15-18-9-10-19-3-1-2-4-20(19)11-18/h1-4,9-11,13,16-17H,5-8,12,14-15,24H2,(H2,25,26,27). The third-order valence-corrected chi connectivity index (χ3v) is 6.23. The van der Waals surface area contributed by atoms with Gasteiger partial charge in [-0.2, -0.15) is 4.98 Å². The van der Waals surface area contributed by atoms with Crippen LogP contribution in [0.25, 0.3) is 10.8 Å². The number of anilines is 2. The molecule has 1 fully saturated rings. The van der Waals surface area contributed by atoms with Crippen LogP contribution in [0.5, 0.6) is 0 Å². The summed E-state index contributed by atoms with van der Waals surface area (Å²) in [6.07, 6.45) is 5.69. The second-order valence-electron chi connectivity index (χ2n) is 8.38. The number of nitrogens with two attached hydrogens (primary N) is 2. The maximum atomic E-state index is 11.1. The molecule has 8 nitrogen and oxygen atoms in total. The number of fused-ring (bicyclic) bond motifs is 1. The normalized spacial score (nSPS) is 18.7. The number of nitrogens with zero attached hydrogens (tertiary/aromatic N) is 4. The molecular formula is C23H28N6O2. The van der Waals surface area contributed by atoms with Gasteiger partial charge < -0.3 is 16.4 Å². The molecule has 31 heavy (non-hydrogen) atoms. The van der Waals surface area contributed by atoms with Crippen LogP contribution in [0.15, 0.2) is 48.7 Å². The zero-order chi connectivity index (χ0) is 21.8. The minimum absolute atomic E-state index is 0.106. The lowest BCUT2D eigenvalue weighted by Gasteiger charge is -2.32. The van der Waals surface area contributed by atoms with Crippen molar-refractivity contribution in [2.45, 2.75) is 32.2 Å². The fraction of sp³-hybridized carbons (Fsp3) is 0.391. The SMILES string of the molecule is NCC1CCC(CN(Cc2ccc3ccccc3c2)c2ncc([N+](=O)[O-])c(N)n2)CC1. The number of nitrogen functional groups attached to an aromatic ring is 1. The Balaban J connectivity index is 1.60. The number of benzene rings is 2. The Hall–Kier alpha value is -3.26. The monoisotopic (exact) mass is 420 g/mol. The summed E-state index contributed by atoms with van der Waals surface area (Å²) in [6, 6.07) is 14.6. The van der Waals surface area contributed by atoms with Crippen LogP contribution in [0.4, 0.5) is 17.5 Å². The van der Waals surface area contributed by atoms with E-state index in [9.17, 15) is 10.1 Å². The number of nitro groups is 1. The molecule has 8 heteroatoms. The molecule has 0 bridgehead atoms. The molecule has 162 valence electrons. The highest BCUT2D eigenvalue weighted by Gasteiger charge is 2.25. The Labute approximate surface area is 181 Å². The third-order valence-electron chi connectivity index (χ3n) is 6.23. The summed E-state index contributed by atoms with van der Waals surface area (Å²) >= 11 is 0. The van der Waals surface area contributed by atoms with E-state index in [-0.39, 0.29) is 11.5 Å². The van der Waals surface area contributed by atoms with Gasteiger partial charge in [0.05, 0.1) is 4.92 Å². The molecule has 0 atom stereocenters. The number of hydrogen-bond acceptors (Lipinski definition) is 7. The van der Waals surface area contributed by atoms with Crippen molar-refractivity contribution < 1.29 is 4.92 Å². The first-order valence-electron chi connectivity index (χ1n) is 10.7. The van der Waals surface area contributed by atoms with Gasteiger partial charge in [0.25, 0.3) is 0 Å². The average Bonchev–Trinajstić information content (AvgIpc) is 2.78. The second-order valence-corrected chi connectivity index (χ2v) is 8.38. The quantitative estimate of drug-likeness (QED) is 0.439. The van der Waals surface area contributed by atoms with Gasteiger partial charge in [-0.15, -0.1) is 0 Å². The molecule has 1 aliphatic rings. The van der Waals surface area contributed by atoms with Crippen LogP contribution in [0.2, 0.25) is 0 Å². The van der Waals surface area contributed by atoms with E-state index in [0.717, 1.165) is 44.3 Å². The molecule has 0 spiro atoms. The summed E-state index contributed by atoms with van der Waals surface area (Å²) in [5, 5.41) is 13.5. The lowest BCUT2D eigenvalue weighted by atomic mass is 9.82. The molecule has 2 aromatic carbocycles. The zero-order valence-corrected chi connectivity index (χ0v) is 17.5. The predicted octanol–water partition coefficient (Wildman–Crippen LogP) is 3.89. The molecule has 0 saturated heterocycles. The van der Waals surface area contributed by atoms with Crippen molar-refractivity contribution in [3.05, 3.63) is 64.3 Å². The Bertz CT molecular complexity index is 1060. The molecule has 4 rings (SSSR count). The highest BCUT2D eigenvalue weighted by atomic mass is 16.6. The minimum atomic E-state index is -0.555. The van der Waals surface area contributed by atoms with E-state index >= 15 is 0 Å². The molecule has 0 unspecified atom stereocenters. The Morgan fingerprint density at radius 1 is 1.06 bits per heavy atom. The van der Waals surface area contributed by atoms with Crippen LogP contribution < -0.4 is 16.4 Å². The van der Waals surface area contributed by atoms with E-state index in [2.05, 4.69) is 45.2 Å². The highest BCUT2D eigenvalue weighted by molar-refractivity contribution is 5.83. The Morgan fingerprint density at radius 3 is 2.45 bits per heavy atom. The first-order valence-corrected chi connectivity index (χ1v) is 10.7. The molecule has 0 aliphatic heterocycles. The largest absolute Gasteiger partial charge is 0.378 e. The Morgan fingerprint density at radius 2 is 1.77 bits per heavy atom. The summed E-state index contributed by atoms with van der Waals surface area (Å²) in [7, 11) is 0. The van der Waals surface area contributed by atoms with Crippen LogP contribution in [-0.4, -0.2) is 28.0 Å². The summed E-state index contributed by atoms with van der Waals surface area (Å²) in [5.41, 5.74) is 12.6. The third kappa shape index (κ3) is 4.91. The minimum Gasteiger partial charge on any atom is -0.378 e. The number of hydrogen-bond donors (Lipinski definition) is 2. The molecule has 1 saturated carbocycles. The van der Waals surface area contributed by atoms with E-state index in [1.807, 2.05) is 12.1 Å². The van der Waals surface area contributed by atoms with Crippen LogP contribution in [-0.2, 0) is 6.54 Å². The van der Waals surface area contributed by atoms with Gasteiger partial charge in [0.2, 0.25) is 11.8 Å². The molecule has 3 aromatic rings. The van der Waals surface area contributed by atoms with Crippen molar-refractivity contribution in [1.29, 1.82) is 0 Å². The predicted molar refractivity (Wildman–Crippen MR) is 123 cm³/mol. The van der Waals surface area contributed by atoms with E-state index in [4.69, 9.17) is 11.5 Å². The van der Waals surface area contributed by atoms with E-state index < -0.39 is 4.92 Å². The van der Waals surface area contributed by atoms with Gasteiger partial charge in [-0.3, -0.25) is 10.1 Å². The van der Waals surface area contributed by atoms with Crippen molar-refractivity contribution in [1.82, 2.24) is 9.97 Å². The number of aromatic nitrogens is 2. The van der Waals surface area contributed by atoms with Crippen molar-refractivity contribution in [3.63, 3.8) is 0 Å². The molecule has 1 aliphatic carbocycles. The summed E-state index contributed by atoms with van der Waals surface area (Å²) < 4.78 is 0. The topological polar surface area (TPSA) is 124 Å². The van der Waals surface area contributed by atoms with Crippen molar-refractivity contribution in [2.24, 2.45) is 17.6 Å². The molecular weight excluding hydrogens is 392 g/mol. The van der Waals surface area contributed by atoms with Crippen LogP contribution in [0, 0.1) is 22.0 Å². The lowest BCUT2D eigenvalue weighted by Crippen LogP contribution is -2.33. The molecule has 0 amide bonds. The Kier molecular flexibility index (Phi) is 6.27. The summed E-state index contributed by atoms with van der Waals surface area (Å²) in [5.74, 6) is 1.43. The van der Waals surface area contributed by atoms with Crippen molar-refractivity contribution in [3.8, 4) is 0 Å². The maximum absolute atomic E-state index is 11.1. The van der Waals surface area contributed by atoms with Crippen molar-refractivity contribution >= 4 is 28.2 Å². The first kappa shape index (κ1) is 21.0. The van der Waals surface area contributed by atoms with Crippen LogP contribution in [0.3, 0.4) is 0 Å². The lowest BCUT2D eigenvalue weighted by molar-refractivity contribution is -0.384. The fourth-order valence-electron chi connectivity index (χ4n) is 4.41. The van der Waals surface area contributed by atoms with E-state index in [0.29, 0.717) is 24.3 Å². The average molecular weight is 421 g/mol. The van der Waals surface area contributed by atoms with Gasteiger partial charge in [0.15, 0.2) is 0 Å². The highest BCUT2D eigenvalue weighted by Crippen LogP contribution is 2.31. The molecule has 1 heterocycles. The van der Waals surface area contributed by atoms with Gasteiger partial charge in [0.1, 0.15) is 6.20 Å². The van der Waals surface area contributed by atoms with Gasteiger partial charge in [-0.05, 0) is 66.5 Å². The second kappa shape index (κ2) is 9.26. The van der Waals surface area contributed by atoms with Gasteiger partial charge >= 0.3 is 5.69 Å². The maximum Gasteiger partial charge on any atom is 0.329 e. The molecule has 0 radical (unpaired) electrons. The van der Waals surface area contributed by atoms with E-state index in [1.54, 1.807) is 0 Å². The number of rotatable bonds is 7. The molecule has 4 N–H and O–H groups in total. The first-order chi connectivity index (χ1) is 15.0. The summed E-state index contributed by atoms with van der Waals surface area (Å²) in [6.45, 7) is 2.13. The van der Waals surface area contributed by atoms with Crippen LogP contribution >= 0.6 is 0 Å². The zero-order valence-electron chi connectivity index (χ0n) is 17.5. The summed E-state index contributed by atoms with van der Waals surface area (Å²) in [4.78, 5) is 21.2. The smallest absolute Gasteiger partial charge is 0.329 e. The van der Waals surface area contributed by atoms with Crippen molar-refractivity contribution in [2.75, 3.05) is 23.7 Å². The van der Waals surface area contributed by atoms with Gasteiger partial charge in [-0.25, -0.2) is 4.98 Å². The fourth-order valence-corrected chi connectivity index (χ4v) is 4.41. The van der Waals surface area contributed by atoms with Gasteiger partial charge in [-0.1, -0.05) is 36.4 Å².